The van der Waals surface area contributed by atoms with Crippen LogP contribution in [0.5, 0.6) is 5.75 Å². The van der Waals surface area contributed by atoms with Crippen LogP contribution in [0.1, 0.15) is 17.4 Å². The molecule has 1 aromatic carbocycles. The zero-order valence-electron chi connectivity index (χ0n) is 8.15. The number of hydrogen-bond acceptors (Lipinski definition) is 3. The molecular formula is C10H10N2O3. The summed E-state index contributed by atoms with van der Waals surface area (Å²) in [5.41, 5.74) is 0.711. The number of fused-ring (bicyclic) bond motifs is 1. The van der Waals surface area contributed by atoms with Gasteiger partial charge in [-0.1, -0.05) is 0 Å². The molecule has 2 aromatic rings. The Bertz CT molecular complexity index is 504. The summed E-state index contributed by atoms with van der Waals surface area (Å²) in [6, 6.07) is 5.20. The minimum absolute atomic E-state index is 0.0200. The van der Waals surface area contributed by atoms with Crippen molar-refractivity contribution in [3.63, 3.8) is 0 Å². The number of hydrogen-bond donors (Lipinski definition) is 2. The Balaban J connectivity index is 2.56. The molecule has 2 N–H and O–H groups in total. The van der Waals surface area contributed by atoms with E-state index in [-0.39, 0.29) is 5.69 Å². The predicted molar refractivity (Wildman–Crippen MR) is 54.2 cm³/mol. The summed E-state index contributed by atoms with van der Waals surface area (Å²) in [7, 11) is 0. The molecule has 0 aliphatic carbocycles. The molecule has 5 heteroatoms. The van der Waals surface area contributed by atoms with Crippen LogP contribution < -0.4 is 4.74 Å². The molecule has 0 atom stereocenters. The van der Waals surface area contributed by atoms with Crippen molar-refractivity contribution in [1.82, 2.24) is 10.2 Å². The molecule has 0 fully saturated rings. The third-order valence-electron chi connectivity index (χ3n) is 2.05. The second-order valence-corrected chi connectivity index (χ2v) is 3.02. The van der Waals surface area contributed by atoms with Gasteiger partial charge >= 0.3 is 5.97 Å². The van der Waals surface area contributed by atoms with Gasteiger partial charge in [-0.05, 0) is 25.1 Å². The molecule has 78 valence electrons. The van der Waals surface area contributed by atoms with E-state index in [1.807, 2.05) is 6.92 Å². The van der Waals surface area contributed by atoms with Crippen LogP contribution in [0.15, 0.2) is 18.2 Å². The maximum absolute atomic E-state index is 10.8. The van der Waals surface area contributed by atoms with Crippen LogP contribution in [0.3, 0.4) is 0 Å². The molecule has 1 aromatic heterocycles. The van der Waals surface area contributed by atoms with Crippen molar-refractivity contribution in [3.8, 4) is 5.75 Å². The minimum atomic E-state index is -1.05. The highest BCUT2D eigenvalue weighted by Crippen LogP contribution is 2.22. The molecule has 0 aliphatic rings. The number of H-pyrrole nitrogens is 1. The molecule has 0 saturated heterocycles. The standard InChI is InChI=1S/C10H10N2O3/c1-2-15-6-3-4-8-7(5-6)9(10(13)14)12-11-8/h3-5H,2H2,1H3,(H,11,12)(H,13,14). The third kappa shape index (κ3) is 1.63. The Morgan fingerprint density at radius 3 is 3.07 bits per heavy atom. The quantitative estimate of drug-likeness (QED) is 0.800. The number of carboxylic acid groups (broad SMARTS) is 1. The second kappa shape index (κ2) is 3.61. The molecule has 0 aliphatic heterocycles. The first-order chi connectivity index (χ1) is 7.22. The third-order valence-corrected chi connectivity index (χ3v) is 2.05. The number of benzene rings is 1. The van der Waals surface area contributed by atoms with Crippen molar-refractivity contribution >= 4 is 16.9 Å². The minimum Gasteiger partial charge on any atom is -0.494 e. The number of aromatic amines is 1. The summed E-state index contributed by atoms with van der Waals surface area (Å²) in [5, 5.41) is 15.8. The van der Waals surface area contributed by atoms with Crippen molar-refractivity contribution in [3.05, 3.63) is 23.9 Å². The van der Waals surface area contributed by atoms with Crippen molar-refractivity contribution in [2.24, 2.45) is 0 Å². The molecule has 0 amide bonds. The van der Waals surface area contributed by atoms with Crippen molar-refractivity contribution < 1.29 is 14.6 Å². The van der Waals surface area contributed by atoms with Crippen molar-refractivity contribution in [1.29, 1.82) is 0 Å². The van der Waals surface area contributed by atoms with Crippen molar-refractivity contribution in [2.75, 3.05) is 6.61 Å². The van der Waals surface area contributed by atoms with Crippen LogP contribution >= 0.6 is 0 Å². The molecule has 2 rings (SSSR count). The van der Waals surface area contributed by atoms with Gasteiger partial charge in [-0.2, -0.15) is 5.10 Å². The van der Waals surface area contributed by atoms with Crippen LogP contribution in [0.4, 0.5) is 0 Å². The number of aromatic nitrogens is 2. The fourth-order valence-electron chi connectivity index (χ4n) is 1.41. The van der Waals surface area contributed by atoms with Gasteiger partial charge in [-0.15, -0.1) is 0 Å². The molecule has 0 bridgehead atoms. The van der Waals surface area contributed by atoms with Crippen LogP contribution in [-0.4, -0.2) is 27.9 Å². The fourth-order valence-corrected chi connectivity index (χ4v) is 1.41. The summed E-state index contributed by atoms with van der Waals surface area (Å²) >= 11 is 0. The van der Waals surface area contributed by atoms with E-state index in [1.165, 1.54) is 0 Å². The number of carbonyl (C=O) groups is 1. The van der Waals surface area contributed by atoms with Gasteiger partial charge in [0.1, 0.15) is 5.75 Å². The van der Waals surface area contributed by atoms with E-state index < -0.39 is 5.97 Å². The van der Waals surface area contributed by atoms with Gasteiger partial charge in [0.05, 0.1) is 12.1 Å². The molecule has 0 saturated carbocycles. The Morgan fingerprint density at radius 2 is 2.40 bits per heavy atom. The SMILES string of the molecule is CCOc1ccc2[nH]nc(C(=O)O)c2c1. The number of aromatic carboxylic acids is 1. The molecule has 1 heterocycles. The van der Waals surface area contributed by atoms with Gasteiger partial charge in [0.15, 0.2) is 5.69 Å². The van der Waals surface area contributed by atoms with E-state index in [9.17, 15) is 4.79 Å². The van der Waals surface area contributed by atoms with Gasteiger partial charge in [0.2, 0.25) is 0 Å². The summed E-state index contributed by atoms with van der Waals surface area (Å²) in [5.74, 6) is -0.399. The van der Waals surface area contributed by atoms with Crippen LogP contribution in [0.2, 0.25) is 0 Å². The number of carboxylic acids is 1. The van der Waals surface area contributed by atoms with Crippen LogP contribution in [0.25, 0.3) is 10.9 Å². The summed E-state index contributed by atoms with van der Waals surface area (Å²) in [4.78, 5) is 10.8. The Hall–Kier alpha value is -2.04. The van der Waals surface area contributed by atoms with E-state index in [2.05, 4.69) is 10.2 Å². The summed E-state index contributed by atoms with van der Waals surface area (Å²) in [6.45, 7) is 2.42. The summed E-state index contributed by atoms with van der Waals surface area (Å²) in [6.07, 6.45) is 0. The zero-order chi connectivity index (χ0) is 10.8. The number of nitrogens with one attached hydrogen (secondary N) is 1. The fraction of sp³-hybridized carbons (Fsp3) is 0.200. The average Bonchev–Trinajstić information content (AvgIpc) is 2.61. The molecular weight excluding hydrogens is 196 g/mol. The van der Waals surface area contributed by atoms with Crippen molar-refractivity contribution in [2.45, 2.75) is 6.92 Å². The lowest BCUT2D eigenvalue weighted by atomic mass is 10.2. The predicted octanol–water partition coefficient (Wildman–Crippen LogP) is 1.66. The monoisotopic (exact) mass is 206 g/mol. The van der Waals surface area contributed by atoms with Crippen LogP contribution in [0, 0.1) is 0 Å². The first kappa shape index (κ1) is 9.51. The van der Waals surface area contributed by atoms with E-state index >= 15 is 0 Å². The Labute approximate surface area is 85.7 Å². The largest absolute Gasteiger partial charge is 0.494 e. The highest BCUT2D eigenvalue weighted by molar-refractivity contribution is 6.01. The van der Waals surface area contributed by atoms with E-state index in [0.29, 0.717) is 23.3 Å². The highest BCUT2D eigenvalue weighted by atomic mass is 16.5. The lowest BCUT2D eigenvalue weighted by molar-refractivity contribution is 0.0692. The van der Waals surface area contributed by atoms with Gasteiger partial charge in [-0.25, -0.2) is 4.79 Å². The normalized spacial score (nSPS) is 10.5. The topological polar surface area (TPSA) is 75.2 Å². The van der Waals surface area contributed by atoms with Gasteiger partial charge in [-0.3, -0.25) is 5.10 Å². The number of rotatable bonds is 3. The molecule has 0 radical (unpaired) electrons. The average molecular weight is 206 g/mol. The van der Waals surface area contributed by atoms with Crippen LogP contribution in [-0.2, 0) is 0 Å². The Kier molecular flexibility index (Phi) is 2.29. The smallest absolute Gasteiger partial charge is 0.357 e. The lowest BCUT2D eigenvalue weighted by Gasteiger charge is -2.01. The van der Waals surface area contributed by atoms with E-state index in [4.69, 9.17) is 9.84 Å². The molecule has 0 spiro atoms. The summed E-state index contributed by atoms with van der Waals surface area (Å²) < 4.78 is 5.28. The van der Waals surface area contributed by atoms with Gasteiger partial charge in [0.25, 0.3) is 0 Å². The molecule has 5 nitrogen and oxygen atoms in total. The molecule has 0 unspecified atom stereocenters. The van der Waals surface area contributed by atoms with E-state index in [1.54, 1.807) is 18.2 Å². The number of ether oxygens (including phenoxy) is 1. The number of nitrogens with zero attached hydrogens (tertiary/aromatic N) is 1. The van der Waals surface area contributed by atoms with E-state index in [0.717, 1.165) is 0 Å². The van der Waals surface area contributed by atoms with Gasteiger partial charge in [0, 0.05) is 5.39 Å². The maximum atomic E-state index is 10.8. The lowest BCUT2D eigenvalue weighted by Crippen LogP contribution is -1.97. The van der Waals surface area contributed by atoms with Gasteiger partial charge < -0.3 is 9.84 Å². The maximum Gasteiger partial charge on any atom is 0.357 e. The second-order valence-electron chi connectivity index (χ2n) is 3.02. The Morgan fingerprint density at radius 1 is 1.60 bits per heavy atom. The zero-order valence-corrected chi connectivity index (χ0v) is 8.15. The first-order valence-corrected chi connectivity index (χ1v) is 4.56. The highest BCUT2D eigenvalue weighted by Gasteiger charge is 2.12. The first-order valence-electron chi connectivity index (χ1n) is 4.56. The molecule has 15 heavy (non-hydrogen) atoms.